The number of hydrogen-bond acceptors (Lipinski definition) is 3. The number of nitrogens with zero attached hydrogens (tertiary/aromatic N) is 1. The predicted molar refractivity (Wildman–Crippen MR) is 59.5 cm³/mol. The first kappa shape index (κ1) is 10.1. The fourth-order valence-electron chi connectivity index (χ4n) is 1.23. The van der Waals surface area contributed by atoms with Gasteiger partial charge in [0.05, 0.1) is 5.56 Å². The van der Waals surface area contributed by atoms with Crippen LogP contribution in [0.15, 0.2) is 29.6 Å². The van der Waals surface area contributed by atoms with Crippen molar-refractivity contribution in [1.29, 1.82) is 0 Å². The van der Waals surface area contributed by atoms with E-state index in [1.807, 2.05) is 0 Å². The summed E-state index contributed by atoms with van der Waals surface area (Å²) in [5.74, 6) is -0.961. The number of carboxylic acid groups (broad SMARTS) is 1. The van der Waals surface area contributed by atoms with Crippen LogP contribution in [0.5, 0.6) is 0 Å². The second-order valence-corrected chi connectivity index (χ2v) is 4.07. The van der Waals surface area contributed by atoms with E-state index in [2.05, 4.69) is 4.98 Å². The van der Waals surface area contributed by atoms with Crippen molar-refractivity contribution in [2.45, 2.75) is 0 Å². The Hall–Kier alpha value is -1.39. The summed E-state index contributed by atoms with van der Waals surface area (Å²) in [5, 5.41) is 11.7. The van der Waals surface area contributed by atoms with E-state index in [0.717, 1.165) is 0 Å². The number of benzene rings is 1. The predicted octanol–water partition coefficient (Wildman–Crippen LogP) is 3.16. The molecule has 76 valence electrons. The molecule has 1 aromatic carbocycles. The van der Waals surface area contributed by atoms with E-state index in [4.69, 9.17) is 16.7 Å². The Balaban J connectivity index is 2.57. The number of carbonyl (C=O) groups is 1. The maximum atomic E-state index is 10.9. The zero-order valence-corrected chi connectivity index (χ0v) is 9.05. The molecule has 0 unspecified atom stereocenters. The highest BCUT2D eigenvalue weighted by Crippen LogP contribution is 2.28. The van der Waals surface area contributed by atoms with Gasteiger partial charge in [-0.3, -0.25) is 0 Å². The maximum Gasteiger partial charge on any atom is 0.336 e. The third-order valence-electron chi connectivity index (χ3n) is 1.86. The summed E-state index contributed by atoms with van der Waals surface area (Å²) in [7, 11) is 0. The minimum absolute atomic E-state index is 0.239. The highest BCUT2D eigenvalue weighted by atomic mass is 35.5. The minimum Gasteiger partial charge on any atom is -0.478 e. The van der Waals surface area contributed by atoms with Crippen molar-refractivity contribution in [1.82, 2.24) is 4.98 Å². The molecule has 0 fully saturated rings. The number of thiazole rings is 1. The lowest BCUT2D eigenvalue weighted by Gasteiger charge is -2.00. The Morgan fingerprint density at radius 3 is 2.73 bits per heavy atom. The van der Waals surface area contributed by atoms with Gasteiger partial charge in [0.2, 0.25) is 0 Å². The second kappa shape index (κ2) is 4.00. The molecule has 1 aromatic heterocycles. The number of hydrogen-bond donors (Lipinski definition) is 1. The normalized spacial score (nSPS) is 10.2. The topological polar surface area (TPSA) is 50.2 Å². The Bertz CT molecular complexity index is 510. The molecule has 0 bridgehead atoms. The molecular weight excluding hydrogens is 234 g/mol. The Morgan fingerprint density at radius 2 is 2.13 bits per heavy atom. The molecule has 0 radical (unpaired) electrons. The van der Waals surface area contributed by atoms with Gasteiger partial charge in [-0.05, 0) is 6.07 Å². The first-order chi connectivity index (χ1) is 7.18. The van der Waals surface area contributed by atoms with Gasteiger partial charge in [-0.25, -0.2) is 9.78 Å². The molecule has 0 saturated carbocycles. The fraction of sp³-hybridized carbons (Fsp3) is 0. The monoisotopic (exact) mass is 239 g/mol. The zero-order chi connectivity index (χ0) is 10.8. The molecule has 0 aliphatic carbocycles. The van der Waals surface area contributed by atoms with Crippen molar-refractivity contribution in [2.24, 2.45) is 0 Å². The molecular formula is C10H6ClNO2S. The van der Waals surface area contributed by atoms with Gasteiger partial charge in [-0.15, -0.1) is 11.3 Å². The molecule has 1 heterocycles. The number of aromatic nitrogens is 1. The maximum absolute atomic E-state index is 10.9. The van der Waals surface area contributed by atoms with Crippen molar-refractivity contribution < 1.29 is 9.90 Å². The number of aromatic carboxylic acids is 1. The summed E-state index contributed by atoms with van der Waals surface area (Å²) < 4.78 is 0. The number of halogens is 1. The highest BCUT2D eigenvalue weighted by Gasteiger charge is 2.13. The van der Waals surface area contributed by atoms with E-state index in [9.17, 15) is 4.79 Å². The first-order valence-electron chi connectivity index (χ1n) is 4.12. The number of carboxylic acids is 1. The molecule has 5 heteroatoms. The highest BCUT2D eigenvalue weighted by molar-refractivity contribution is 7.13. The van der Waals surface area contributed by atoms with Crippen LogP contribution in [-0.2, 0) is 0 Å². The van der Waals surface area contributed by atoms with Gasteiger partial charge in [0.25, 0.3) is 0 Å². The number of rotatable bonds is 2. The first-order valence-corrected chi connectivity index (χ1v) is 5.38. The summed E-state index contributed by atoms with van der Waals surface area (Å²) in [6.07, 6.45) is 0. The minimum atomic E-state index is -0.961. The van der Waals surface area contributed by atoms with E-state index < -0.39 is 5.97 Å². The van der Waals surface area contributed by atoms with E-state index >= 15 is 0 Å². The van der Waals surface area contributed by atoms with Crippen LogP contribution in [0.3, 0.4) is 0 Å². The van der Waals surface area contributed by atoms with E-state index in [0.29, 0.717) is 15.7 Å². The molecule has 0 saturated heterocycles. The molecule has 0 atom stereocenters. The zero-order valence-electron chi connectivity index (χ0n) is 7.48. The van der Waals surface area contributed by atoms with Gasteiger partial charge >= 0.3 is 5.97 Å². The lowest BCUT2D eigenvalue weighted by molar-refractivity contribution is 0.0697. The van der Waals surface area contributed by atoms with E-state index in [1.165, 1.54) is 11.3 Å². The van der Waals surface area contributed by atoms with E-state index in [-0.39, 0.29) is 5.56 Å². The van der Waals surface area contributed by atoms with Gasteiger partial charge in [-0.2, -0.15) is 0 Å². The summed E-state index contributed by atoms with van der Waals surface area (Å²) in [6, 6.07) is 6.73. The van der Waals surface area contributed by atoms with Crippen molar-refractivity contribution >= 4 is 28.9 Å². The van der Waals surface area contributed by atoms with Gasteiger partial charge in [0, 0.05) is 10.9 Å². The van der Waals surface area contributed by atoms with Crippen LogP contribution < -0.4 is 0 Å². The van der Waals surface area contributed by atoms with Crippen LogP contribution >= 0.6 is 22.9 Å². The molecule has 3 nitrogen and oxygen atoms in total. The SMILES string of the molecule is O=C(O)c1ccccc1-c1nc(Cl)cs1. The van der Waals surface area contributed by atoms with Crippen LogP contribution in [0.2, 0.25) is 5.15 Å². The summed E-state index contributed by atoms with van der Waals surface area (Å²) in [6.45, 7) is 0. The van der Waals surface area contributed by atoms with Crippen molar-refractivity contribution in [3.8, 4) is 10.6 Å². The quantitative estimate of drug-likeness (QED) is 0.876. The van der Waals surface area contributed by atoms with Crippen LogP contribution in [0.25, 0.3) is 10.6 Å². The summed E-state index contributed by atoms with van der Waals surface area (Å²) in [5.41, 5.74) is 0.838. The van der Waals surface area contributed by atoms with Gasteiger partial charge in [-0.1, -0.05) is 29.8 Å². The summed E-state index contributed by atoms with van der Waals surface area (Å²) in [4.78, 5) is 15.0. The lowest BCUT2D eigenvalue weighted by Crippen LogP contribution is -1.98. The standard InChI is InChI=1S/C10H6ClNO2S/c11-8-5-15-9(12-8)6-3-1-2-4-7(6)10(13)14/h1-5H,(H,13,14). The molecule has 0 aliphatic heterocycles. The average Bonchev–Trinajstić information content (AvgIpc) is 2.65. The lowest BCUT2D eigenvalue weighted by atomic mass is 10.1. The molecule has 0 aliphatic rings. The van der Waals surface area contributed by atoms with E-state index in [1.54, 1.807) is 29.6 Å². The third kappa shape index (κ3) is 2.00. The van der Waals surface area contributed by atoms with Crippen LogP contribution in [-0.4, -0.2) is 16.1 Å². The second-order valence-electron chi connectivity index (χ2n) is 2.83. The van der Waals surface area contributed by atoms with Crippen LogP contribution in [0.1, 0.15) is 10.4 Å². The van der Waals surface area contributed by atoms with Gasteiger partial charge < -0.3 is 5.11 Å². The Morgan fingerprint density at radius 1 is 1.40 bits per heavy atom. The Labute approximate surface area is 95.0 Å². The smallest absolute Gasteiger partial charge is 0.336 e. The van der Waals surface area contributed by atoms with Gasteiger partial charge in [0.1, 0.15) is 10.2 Å². The van der Waals surface area contributed by atoms with Gasteiger partial charge in [0.15, 0.2) is 0 Å². The van der Waals surface area contributed by atoms with Crippen molar-refractivity contribution in [3.05, 3.63) is 40.4 Å². The summed E-state index contributed by atoms with van der Waals surface area (Å²) >= 11 is 7.02. The van der Waals surface area contributed by atoms with Crippen molar-refractivity contribution in [3.63, 3.8) is 0 Å². The Kier molecular flexibility index (Phi) is 2.70. The van der Waals surface area contributed by atoms with Crippen molar-refractivity contribution in [2.75, 3.05) is 0 Å². The fourth-order valence-corrected chi connectivity index (χ4v) is 2.22. The van der Waals surface area contributed by atoms with Crippen LogP contribution in [0.4, 0.5) is 0 Å². The average molecular weight is 240 g/mol. The largest absolute Gasteiger partial charge is 0.478 e. The molecule has 0 spiro atoms. The molecule has 2 rings (SSSR count). The molecule has 15 heavy (non-hydrogen) atoms. The molecule has 2 aromatic rings. The third-order valence-corrected chi connectivity index (χ3v) is 3.06. The van der Waals surface area contributed by atoms with Crippen LogP contribution in [0, 0.1) is 0 Å². The molecule has 1 N–H and O–H groups in total. The molecule has 0 amide bonds.